The SMILES string of the molecule is C=Nc1ccccc1N(CC)Cc1ccccc1-n1c2ccccc2c2c3c(c4c(c5ccccc5n4-c4ccccc4)c21)Cc1ccccc1-3. The molecule has 0 unspecified atom stereocenters. The first-order chi connectivity index (χ1) is 25.3. The lowest BCUT2D eigenvalue weighted by molar-refractivity contribution is 0.827. The lowest BCUT2D eigenvalue weighted by Crippen LogP contribution is -2.23. The van der Waals surface area contributed by atoms with E-state index in [2.05, 4.69) is 172 Å². The Morgan fingerprint density at radius 2 is 1.27 bits per heavy atom. The molecule has 0 radical (unpaired) electrons. The van der Waals surface area contributed by atoms with Crippen LogP contribution in [0.3, 0.4) is 0 Å². The largest absolute Gasteiger partial charge is 0.366 e. The second-order valence-corrected chi connectivity index (χ2v) is 13.5. The van der Waals surface area contributed by atoms with Gasteiger partial charge in [-0.05, 0) is 83.9 Å². The van der Waals surface area contributed by atoms with Gasteiger partial charge in [0.05, 0.1) is 39.1 Å². The van der Waals surface area contributed by atoms with Crippen LogP contribution in [0.5, 0.6) is 0 Å². The number of nitrogens with zero attached hydrogens (tertiary/aromatic N) is 4. The van der Waals surface area contributed by atoms with Crippen molar-refractivity contribution >= 4 is 61.7 Å². The maximum Gasteiger partial charge on any atom is 0.0855 e. The minimum Gasteiger partial charge on any atom is -0.366 e. The molecule has 10 rings (SSSR count). The van der Waals surface area contributed by atoms with Gasteiger partial charge in [-0.3, -0.25) is 4.99 Å². The van der Waals surface area contributed by atoms with Gasteiger partial charge in [-0.1, -0.05) is 109 Å². The Morgan fingerprint density at radius 1 is 0.627 bits per heavy atom. The van der Waals surface area contributed by atoms with E-state index in [9.17, 15) is 0 Å². The molecule has 0 atom stereocenters. The normalized spacial score (nSPS) is 12.2. The first-order valence-electron chi connectivity index (χ1n) is 17.8. The highest BCUT2D eigenvalue weighted by Gasteiger charge is 2.32. The molecule has 0 N–H and O–H groups in total. The molecule has 244 valence electrons. The van der Waals surface area contributed by atoms with Crippen molar-refractivity contribution in [3.63, 3.8) is 0 Å². The van der Waals surface area contributed by atoms with Gasteiger partial charge >= 0.3 is 0 Å². The van der Waals surface area contributed by atoms with Gasteiger partial charge in [0.2, 0.25) is 0 Å². The molecule has 2 heterocycles. The Kier molecular flexibility index (Phi) is 6.72. The Hall–Kier alpha value is -6.39. The van der Waals surface area contributed by atoms with Gasteiger partial charge in [0, 0.05) is 46.7 Å². The molecule has 7 aromatic carbocycles. The van der Waals surface area contributed by atoms with Crippen LogP contribution in [0.25, 0.3) is 66.1 Å². The van der Waals surface area contributed by atoms with E-state index in [-0.39, 0.29) is 0 Å². The fourth-order valence-electron chi connectivity index (χ4n) is 8.74. The summed E-state index contributed by atoms with van der Waals surface area (Å²) in [6.45, 7) is 7.67. The minimum atomic E-state index is 0.732. The van der Waals surface area contributed by atoms with Crippen molar-refractivity contribution in [1.82, 2.24) is 9.13 Å². The maximum absolute atomic E-state index is 4.38. The molecule has 0 saturated carbocycles. The van der Waals surface area contributed by atoms with E-state index >= 15 is 0 Å². The predicted molar refractivity (Wildman–Crippen MR) is 216 cm³/mol. The summed E-state index contributed by atoms with van der Waals surface area (Å²) in [7, 11) is 0. The standard InChI is InChI=1S/C47H36N4/c1-3-49(42-28-16-12-24-38(42)48-2)30-32-18-8-13-25-39(32)51-41-27-15-10-22-35(41)44-43-34-21-9-7-17-31(34)29-37(43)46-45(47(44)51)36-23-11-14-26-40(36)50(46)33-19-5-4-6-20-33/h4-28H,2-3,29-30H2,1H3. The minimum absolute atomic E-state index is 0.732. The van der Waals surface area contributed by atoms with Crippen molar-refractivity contribution in [1.29, 1.82) is 0 Å². The fraction of sp³-hybridized carbons (Fsp3) is 0.0851. The number of hydrogen-bond acceptors (Lipinski definition) is 2. The molecule has 0 aliphatic heterocycles. The van der Waals surface area contributed by atoms with Crippen molar-refractivity contribution in [2.75, 3.05) is 11.4 Å². The highest BCUT2D eigenvalue weighted by molar-refractivity contribution is 6.31. The van der Waals surface area contributed by atoms with Crippen molar-refractivity contribution in [3.05, 3.63) is 168 Å². The van der Waals surface area contributed by atoms with Crippen LogP contribution in [-0.2, 0) is 13.0 Å². The summed E-state index contributed by atoms with van der Waals surface area (Å²) in [5.74, 6) is 0. The van der Waals surface area contributed by atoms with E-state index in [0.29, 0.717) is 0 Å². The molecule has 9 aromatic rings. The third-order valence-electron chi connectivity index (χ3n) is 10.9. The number of benzene rings is 7. The van der Waals surface area contributed by atoms with Gasteiger partial charge in [-0.25, -0.2) is 0 Å². The Morgan fingerprint density at radius 3 is 2.08 bits per heavy atom. The van der Waals surface area contributed by atoms with Crippen molar-refractivity contribution in [2.45, 2.75) is 19.9 Å². The quantitative estimate of drug-likeness (QED) is 0.157. The van der Waals surface area contributed by atoms with Crippen LogP contribution in [0, 0.1) is 0 Å². The van der Waals surface area contributed by atoms with Crippen LogP contribution in [0.1, 0.15) is 23.6 Å². The fourth-order valence-corrected chi connectivity index (χ4v) is 8.74. The van der Waals surface area contributed by atoms with Crippen LogP contribution < -0.4 is 4.90 Å². The van der Waals surface area contributed by atoms with Crippen LogP contribution >= 0.6 is 0 Å². The molecule has 4 heteroatoms. The average Bonchev–Trinajstić information content (AvgIpc) is 3.85. The van der Waals surface area contributed by atoms with E-state index in [1.807, 2.05) is 12.1 Å². The molecule has 0 fully saturated rings. The molecule has 1 aliphatic rings. The number of para-hydroxylation sites is 6. The molecule has 0 saturated heterocycles. The molecule has 4 nitrogen and oxygen atoms in total. The molecule has 1 aliphatic carbocycles. The number of anilines is 1. The smallest absolute Gasteiger partial charge is 0.0855 e. The second kappa shape index (κ2) is 11.6. The summed E-state index contributed by atoms with van der Waals surface area (Å²) in [6, 6.07) is 55.1. The van der Waals surface area contributed by atoms with Crippen molar-refractivity contribution < 1.29 is 0 Å². The molecule has 0 bridgehead atoms. The third kappa shape index (κ3) is 4.29. The van der Waals surface area contributed by atoms with Gasteiger partial charge in [-0.2, -0.15) is 0 Å². The number of rotatable bonds is 7. The molecule has 2 aromatic heterocycles. The van der Waals surface area contributed by atoms with Crippen LogP contribution in [-0.4, -0.2) is 22.4 Å². The monoisotopic (exact) mass is 656 g/mol. The summed E-state index contributed by atoms with van der Waals surface area (Å²) in [6.07, 6.45) is 0.902. The number of fused-ring (bicyclic) bond motifs is 12. The zero-order valence-corrected chi connectivity index (χ0v) is 28.6. The highest BCUT2D eigenvalue weighted by atomic mass is 15.1. The Balaban J connectivity index is 1.38. The average molecular weight is 657 g/mol. The number of aliphatic imine (C=N–C) groups is 1. The van der Waals surface area contributed by atoms with Gasteiger partial charge in [0.1, 0.15) is 0 Å². The van der Waals surface area contributed by atoms with Gasteiger partial charge in [0.15, 0.2) is 0 Å². The van der Waals surface area contributed by atoms with Crippen LogP contribution in [0.2, 0.25) is 0 Å². The lowest BCUT2D eigenvalue weighted by Gasteiger charge is -2.26. The lowest BCUT2D eigenvalue weighted by atomic mass is 9.95. The van der Waals surface area contributed by atoms with Gasteiger partial charge in [0.25, 0.3) is 0 Å². The first kappa shape index (κ1) is 29.5. The maximum atomic E-state index is 4.38. The zero-order valence-electron chi connectivity index (χ0n) is 28.6. The van der Waals surface area contributed by atoms with E-state index in [4.69, 9.17) is 0 Å². The number of hydrogen-bond donors (Lipinski definition) is 0. The van der Waals surface area contributed by atoms with E-state index < -0.39 is 0 Å². The Bertz CT molecular complexity index is 2820. The summed E-state index contributed by atoms with van der Waals surface area (Å²) in [5.41, 5.74) is 16.1. The second-order valence-electron chi connectivity index (χ2n) is 13.5. The third-order valence-corrected chi connectivity index (χ3v) is 10.9. The molecule has 51 heavy (non-hydrogen) atoms. The van der Waals surface area contributed by atoms with E-state index in [0.717, 1.165) is 30.9 Å². The van der Waals surface area contributed by atoms with Gasteiger partial charge in [-0.15, -0.1) is 0 Å². The van der Waals surface area contributed by atoms with Crippen LogP contribution in [0.4, 0.5) is 11.4 Å². The van der Waals surface area contributed by atoms with Crippen LogP contribution in [0.15, 0.2) is 157 Å². The zero-order chi connectivity index (χ0) is 34.1. The predicted octanol–water partition coefficient (Wildman–Crippen LogP) is 11.8. The molecular weight excluding hydrogens is 621 g/mol. The Labute approximate surface area is 297 Å². The number of aromatic nitrogens is 2. The molecular formula is C47H36N4. The summed E-state index contributed by atoms with van der Waals surface area (Å²) < 4.78 is 5.08. The molecule has 0 spiro atoms. The first-order valence-corrected chi connectivity index (χ1v) is 17.8. The summed E-state index contributed by atoms with van der Waals surface area (Å²) >= 11 is 0. The van der Waals surface area contributed by atoms with Gasteiger partial charge < -0.3 is 14.0 Å². The topological polar surface area (TPSA) is 25.5 Å². The highest BCUT2D eigenvalue weighted by Crippen LogP contribution is 2.52. The van der Waals surface area contributed by atoms with Crippen molar-refractivity contribution in [3.8, 4) is 22.5 Å². The van der Waals surface area contributed by atoms with E-state index in [1.165, 1.54) is 82.8 Å². The van der Waals surface area contributed by atoms with E-state index in [1.54, 1.807) is 0 Å². The molecule has 0 amide bonds. The summed E-state index contributed by atoms with van der Waals surface area (Å²) in [5, 5.41) is 5.18. The summed E-state index contributed by atoms with van der Waals surface area (Å²) in [4.78, 5) is 6.78. The van der Waals surface area contributed by atoms with Crippen molar-refractivity contribution in [2.24, 2.45) is 4.99 Å².